The zero-order valence-corrected chi connectivity index (χ0v) is 18.7. The first kappa shape index (κ1) is 26.7. The molecule has 0 aliphatic carbocycles. The van der Waals surface area contributed by atoms with Gasteiger partial charge in [-0.2, -0.15) is 8.42 Å². The number of anilines is 2. The fourth-order valence-electron chi connectivity index (χ4n) is 3.12. The zero-order chi connectivity index (χ0) is 21.4. The fourth-order valence-corrected chi connectivity index (χ4v) is 3.12. The summed E-state index contributed by atoms with van der Waals surface area (Å²) in [7, 11) is -4.67. The first-order valence-corrected chi connectivity index (χ1v) is 11.9. The third-order valence-electron chi connectivity index (χ3n) is 4.78. The minimum Gasteiger partial charge on any atom is -0.399 e. The van der Waals surface area contributed by atoms with Crippen LogP contribution in [0.4, 0.5) is 11.4 Å². The Morgan fingerprint density at radius 1 is 0.893 bits per heavy atom. The molecule has 1 rings (SSSR count). The summed E-state index contributed by atoms with van der Waals surface area (Å²) < 4.78 is 31.6. The molecule has 0 amide bonds. The lowest BCUT2D eigenvalue weighted by Crippen LogP contribution is -2.24. The largest absolute Gasteiger partial charge is 0.399 e. The van der Waals surface area contributed by atoms with E-state index in [-0.39, 0.29) is 0 Å². The molecule has 6 nitrogen and oxygen atoms in total. The maximum Gasteiger partial charge on any atom is 0.394 e. The Labute approximate surface area is 172 Å². The van der Waals surface area contributed by atoms with Crippen LogP contribution in [-0.4, -0.2) is 30.6 Å². The highest BCUT2D eigenvalue weighted by molar-refractivity contribution is 7.79. The van der Waals surface area contributed by atoms with Crippen LogP contribution in [0.2, 0.25) is 0 Å². The molecule has 0 aliphatic rings. The van der Waals surface area contributed by atoms with Gasteiger partial charge in [0.25, 0.3) is 0 Å². The van der Waals surface area contributed by atoms with Crippen molar-refractivity contribution < 1.29 is 17.5 Å². The number of aryl methyl sites for hydroxylation is 1. The number of rotatable bonds is 13. The normalized spacial score (nSPS) is 11.0. The Morgan fingerprint density at radius 3 is 1.79 bits per heavy atom. The predicted octanol–water partition coefficient (Wildman–Crippen LogP) is 5.67. The van der Waals surface area contributed by atoms with Gasteiger partial charge in [0.05, 0.1) is 0 Å². The van der Waals surface area contributed by atoms with Crippen molar-refractivity contribution in [3.05, 3.63) is 23.8 Å². The number of nitrogen functional groups attached to an aromatic ring is 1. The van der Waals surface area contributed by atoms with Crippen LogP contribution in [0.1, 0.15) is 83.6 Å². The molecule has 4 N–H and O–H groups in total. The molecule has 0 unspecified atom stereocenters. The van der Waals surface area contributed by atoms with E-state index in [0.29, 0.717) is 0 Å². The molecule has 0 radical (unpaired) electrons. The van der Waals surface area contributed by atoms with Crippen molar-refractivity contribution in [1.29, 1.82) is 0 Å². The van der Waals surface area contributed by atoms with Crippen LogP contribution in [0.25, 0.3) is 0 Å². The SMILES string of the molecule is CCCCCCCCCCCCN(CC)c1ccc(N)c(C)c1.O=S(=O)(O)O. The summed E-state index contributed by atoms with van der Waals surface area (Å²) >= 11 is 0. The summed E-state index contributed by atoms with van der Waals surface area (Å²) in [6, 6.07) is 6.41. The molecule has 0 fully saturated rings. The van der Waals surface area contributed by atoms with Crippen LogP contribution >= 0.6 is 0 Å². The smallest absolute Gasteiger partial charge is 0.394 e. The Kier molecular flexibility index (Phi) is 14.9. The third-order valence-corrected chi connectivity index (χ3v) is 4.78. The second kappa shape index (κ2) is 15.6. The lowest BCUT2D eigenvalue weighted by atomic mass is 10.1. The Hall–Kier alpha value is -1.31. The summed E-state index contributed by atoms with van der Waals surface area (Å²) in [4.78, 5) is 2.47. The molecule has 0 saturated carbocycles. The molecule has 0 atom stereocenters. The number of unbranched alkanes of at least 4 members (excludes halogenated alkanes) is 9. The molecule has 0 aliphatic heterocycles. The molecule has 1 aromatic rings. The van der Waals surface area contributed by atoms with Gasteiger partial charge in [0, 0.05) is 24.5 Å². The van der Waals surface area contributed by atoms with Gasteiger partial charge in [-0.05, 0) is 44.0 Å². The van der Waals surface area contributed by atoms with Crippen LogP contribution in [0.5, 0.6) is 0 Å². The third kappa shape index (κ3) is 15.7. The van der Waals surface area contributed by atoms with Gasteiger partial charge in [0.1, 0.15) is 0 Å². The van der Waals surface area contributed by atoms with Crippen LogP contribution in [0, 0.1) is 6.92 Å². The van der Waals surface area contributed by atoms with E-state index >= 15 is 0 Å². The van der Waals surface area contributed by atoms with Crippen LogP contribution in [0.3, 0.4) is 0 Å². The van der Waals surface area contributed by atoms with Gasteiger partial charge in [0.15, 0.2) is 0 Å². The molecule has 0 spiro atoms. The molecule has 0 saturated heterocycles. The van der Waals surface area contributed by atoms with Gasteiger partial charge < -0.3 is 10.6 Å². The summed E-state index contributed by atoms with van der Waals surface area (Å²) in [6.45, 7) is 8.84. The van der Waals surface area contributed by atoms with E-state index in [1.165, 1.54) is 75.5 Å². The minimum absolute atomic E-state index is 0.892. The van der Waals surface area contributed by atoms with Crippen molar-refractivity contribution in [2.24, 2.45) is 0 Å². The first-order valence-electron chi connectivity index (χ1n) is 10.5. The van der Waals surface area contributed by atoms with Crippen LogP contribution in [0.15, 0.2) is 18.2 Å². The second-order valence-corrected chi connectivity index (χ2v) is 8.15. The molecule has 0 aromatic heterocycles. The first-order chi connectivity index (χ1) is 13.2. The van der Waals surface area contributed by atoms with E-state index in [2.05, 4.69) is 37.8 Å². The number of nitrogens with zero attached hydrogens (tertiary/aromatic N) is 1. The summed E-state index contributed by atoms with van der Waals surface area (Å²) in [5, 5.41) is 0. The molecule has 7 heteroatoms. The highest BCUT2D eigenvalue weighted by atomic mass is 32.3. The highest BCUT2D eigenvalue weighted by Gasteiger charge is 2.05. The van der Waals surface area contributed by atoms with Crippen molar-refractivity contribution in [3.8, 4) is 0 Å². The van der Waals surface area contributed by atoms with Crippen molar-refractivity contribution in [2.75, 3.05) is 23.7 Å². The Balaban J connectivity index is 0.00000129. The van der Waals surface area contributed by atoms with E-state index in [1.54, 1.807) is 0 Å². The fraction of sp³-hybridized carbons (Fsp3) is 0.714. The van der Waals surface area contributed by atoms with E-state index in [0.717, 1.165) is 18.8 Å². The average molecular weight is 417 g/mol. The molecule has 0 bridgehead atoms. The quantitative estimate of drug-likeness (QED) is 0.217. The van der Waals surface area contributed by atoms with Crippen molar-refractivity contribution in [1.82, 2.24) is 0 Å². The van der Waals surface area contributed by atoms with Gasteiger partial charge in [-0.25, -0.2) is 0 Å². The number of nitrogens with two attached hydrogens (primary N) is 1. The van der Waals surface area contributed by atoms with E-state index < -0.39 is 10.4 Å². The van der Waals surface area contributed by atoms with Crippen molar-refractivity contribution >= 4 is 21.8 Å². The summed E-state index contributed by atoms with van der Waals surface area (Å²) in [5.74, 6) is 0. The lowest BCUT2D eigenvalue weighted by Gasteiger charge is -2.24. The zero-order valence-electron chi connectivity index (χ0n) is 17.9. The average Bonchev–Trinajstić information content (AvgIpc) is 2.61. The summed E-state index contributed by atoms with van der Waals surface area (Å²) in [6.07, 6.45) is 14.0. The second-order valence-electron chi connectivity index (χ2n) is 7.25. The van der Waals surface area contributed by atoms with Gasteiger partial charge in [-0.3, -0.25) is 9.11 Å². The molecule has 164 valence electrons. The van der Waals surface area contributed by atoms with Gasteiger partial charge >= 0.3 is 10.4 Å². The molecular formula is C21H40N2O4S. The summed E-state index contributed by atoms with van der Waals surface area (Å²) in [5.41, 5.74) is 9.31. The van der Waals surface area contributed by atoms with Gasteiger partial charge in [0.2, 0.25) is 0 Å². The maximum atomic E-state index is 8.74. The molecule has 0 heterocycles. The highest BCUT2D eigenvalue weighted by Crippen LogP contribution is 2.21. The maximum absolute atomic E-state index is 8.74. The molecular weight excluding hydrogens is 376 g/mol. The molecule has 1 aromatic carbocycles. The van der Waals surface area contributed by atoms with E-state index in [9.17, 15) is 0 Å². The topological polar surface area (TPSA) is 104 Å². The monoisotopic (exact) mass is 416 g/mol. The van der Waals surface area contributed by atoms with Gasteiger partial charge in [-0.15, -0.1) is 0 Å². The Morgan fingerprint density at radius 2 is 1.36 bits per heavy atom. The Bertz CT molecular complexity index is 613. The number of hydrogen-bond acceptors (Lipinski definition) is 4. The van der Waals surface area contributed by atoms with E-state index in [4.69, 9.17) is 23.3 Å². The number of benzene rings is 1. The van der Waals surface area contributed by atoms with Crippen molar-refractivity contribution in [2.45, 2.75) is 85.0 Å². The lowest BCUT2D eigenvalue weighted by molar-refractivity contribution is 0.381. The van der Waals surface area contributed by atoms with E-state index in [1.807, 2.05) is 6.07 Å². The van der Waals surface area contributed by atoms with Gasteiger partial charge in [-0.1, -0.05) is 64.7 Å². The van der Waals surface area contributed by atoms with Crippen LogP contribution < -0.4 is 10.6 Å². The predicted molar refractivity (Wildman–Crippen MR) is 119 cm³/mol. The standard InChI is InChI=1S/C21H38N2.H2O4S/c1-4-6-7-8-9-10-11-12-13-14-17-23(5-2)20-15-16-21(22)19(3)18-20;1-5(2,3)4/h15-16,18H,4-14,17,22H2,1-3H3;(H2,1,2,3,4). The minimum atomic E-state index is -4.67. The van der Waals surface area contributed by atoms with Crippen LogP contribution in [-0.2, 0) is 10.4 Å². The molecule has 28 heavy (non-hydrogen) atoms. The number of hydrogen-bond donors (Lipinski definition) is 3. The van der Waals surface area contributed by atoms with Crippen molar-refractivity contribution in [3.63, 3.8) is 0 Å².